The van der Waals surface area contributed by atoms with E-state index < -0.39 is 0 Å². The molecule has 0 N–H and O–H groups in total. The molecule has 104 valence electrons. The van der Waals surface area contributed by atoms with E-state index in [1.54, 1.807) is 6.92 Å². The lowest BCUT2D eigenvalue weighted by Gasteiger charge is -2.09. The summed E-state index contributed by atoms with van der Waals surface area (Å²) in [7, 11) is 0. The van der Waals surface area contributed by atoms with Crippen molar-refractivity contribution in [3.8, 4) is 5.69 Å². The molecule has 0 aliphatic heterocycles. The number of benzene rings is 1. The molecule has 1 aromatic heterocycles. The van der Waals surface area contributed by atoms with E-state index >= 15 is 0 Å². The third-order valence-corrected chi connectivity index (χ3v) is 3.93. The molecular formula is C17H19NOS. The van der Waals surface area contributed by atoms with E-state index in [4.69, 9.17) is 0 Å². The first kappa shape index (κ1) is 14.7. The van der Waals surface area contributed by atoms with Crippen LogP contribution in [-0.4, -0.2) is 15.4 Å². The number of thioether (sulfide) groups is 1. The molecule has 0 aliphatic rings. The summed E-state index contributed by atoms with van der Waals surface area (Å²) >= 11 is 1.33. The molecule has 0 amide bonds. The van der Waals surface area contributed by atoms with Crippen molar-refractivity contribution in [2.45, 2.75) is 20.8 Å². The van der Waals surface area contributed by atoms with Crippen LogP contribution >= 0.6 is 11.8 Å². The van der Waals surface area contributed by atoms with Crippen LogP contribution in [-0.2, 0) is 4.79 Å². The van der Waals surface area contributed by atoms with Crippen molar-refractivity contribution in [2.75, 3.05) is 5.75 Å². The Morgan fingerprint density at radius 3 is 2.60 bits per heavy atom. The summed E-state index contributed by atoms with van der Waals surface area (Å²) in [6.07, 6.45) is 4.14. The van der Waals surface area contributed by atoms with E-state index in [1.165, 1.54) is 34.4 Å². The fraction of sp³-hybridized carbons (Fsp3) is 0.235. The lowest BCUT2D eigenvalue weighted by molar-refractivity contribution is -0.109. The molecule has 20 heavy (non-hydrogen) atoms. The first-order chi connectivity index (χ1) is 9.59. The summed E-state index contributed by atoms with van der Waals surface area (Å²) < 4.78 is 2.25. The molecule has 3 heteroatoms. The monoisotopic (exact) mass is 285 g/mol. The minimum atomic E-state index is 0.157. The average molecular weight is 285 g/mol. The van der Waals surface area contributed by atoms with Crippen molar-refractivity contribution < 1.29 is 4.79 Å². The molecule has 0 saturated heterocycles. The maximum atomic E-state index is 10.9. The van der Waals surface area contributed by atoms with Gasteiger partial charge in [-0.25, -0.2) is 0 Å². The van der Waals surface area contributed by atoms with E-state index in [1.807, 2.05) is 24.3 Å². The Balaban J connectivity index is 2.23. The van der Waals surface area contributed by atoms with Crippen molar-refractivity contribution in [3.05, 3.63) is 59.4 Å². The van der Waals surface area contributed by atoms with Crippen LogP contribution in [0.1, 0.15) is 23.9 Å². The summed E-state index contributed by atoms with van der Waals surface area (Å²) in [6.45, 7) is 5.83. The van der Waals surface area contributed by atoms with Gasteiger partial charge >= 0.3 is 0 Å². The highest BCUT2D eigenvalue weighted by Crippen LogP contribution is 2.21. The van der Waals surface area contributed by atoms with Crippen LogP contribution in [0.2, 0.25) is 0 Å². The minimum absolute atomic E-state index is 0.157. The van der Waals surface area contributed by atoms with Crippen LogP contribution in [0.25, 0.3) is 11.8 Å². The second-order valence-corrected chi connectivity index (χ2v) is 5.90. The van der Waals surface area contributed by atoms with E-state index in [9.17, 15) is 4.79 Å². The van der Waals surface area contributed by atoms with Crippen molar-refractivity contribution in [2.24, 2.45) is 0 Å². The second-order valence-electron chi connectivity index (χ2n) is 4.70. The Kier molecular flexibility index (Phi) is 4.85. The van der Waals surface area contributed by atoms with Crippen molar-refractivity contribution >= 4 is 23.0 Å². The molecule has 0 aliphatic carbocycles. The number of hydrogen-bond donors (Lipinski definition) is 0. The lowest BCUT2D eigenvalue weighted by atomic mass is 10.2. The van der Waals surface area contributed by atoms with Crippen molar-refractivity contribution in [1.29, 1.82) is 0 Å². The van der Waals surface area contributed by atoms with Gasteiger partial charge in [0.05, 0.1) is 0 Å². The number of aryl methyl sites for hydroxylation is 1. The summed E-state index contributed by atoms with van der Waals surface area (Å²) in [5.41, 5.74) is 4.82. The maximum Gasteiger partial charge on any atom is 0.186 e. The van der Waals surface area contributed by atoms with Crippen LogP contribution in [0.5, 0.6) is 0 Å². The molecule has 0 spiro atoms. The van der Waals surface area contributed by atoms with E-state index in [2.05, 4.69) is 42.7 Å². The first-order valence-electron chi connectivity index (χ1n) is 6.64. The topological polar surface area (TPSA) is 22.0 Å². The summed E-state index contributed by atoms with van der Waals surface area (Å²) in [5, 5.41) is 0.157. The van der Waals surface area contributed by atoms with Crippen LogP contribution < -0.4 is 0 Å². The number of carbonyl (C=O) groups excluding carboxylic acids is 1. The Morgan fingerprint density at radius 1 is 1.25 bits per heavy atom. The average Bonchev–Trinajstić information content (AvgIpc) is 2.70. The summed E-state index contributed by atoms with van der Waals surface area (Å²) in [4.78, 5) is 10.9. The van der Waals surface area contributed by atoms with E-state index in [-0.39, 0.29) is 5.12 Å². The number of nitrogens with zero attached hydrogens (tertiary/aromatic N) is 1. The molecule has 2 aromatic rings. The smallest absolute Gasteiger partial charge is 0.186 e. The molecule has 0 fully saturated rings. The predicted molar refractivity (Wildman–Crippen MR) is 87.4 cm³/mol. The Morgan fingerprint density at radius 2 is 1.95 bits per heavy atom. The van der Waals surface area contributed by atoms with E-state index in [0.29, 0.717) is 0 Å². The predicted octanol–water partition coefficient (Wildman–Crippen LogP) is 4.39. The number of hydrogen-bond acceptors (Lipinski definition) is 2. The largest absolute Gasteiger partial charge is 0.318 e. The number of para-hydroxylation sites is 1. The van der Waals surface area contributed by atoms with Crippen LogP contribution in [0.3, 0.4) is 0 Å². The van der Waals surface area contributed by atoms with Gasteiger partial charge in [0.1, 0.15) is 0 Å². The van der Waals surface area contributed by atoms with Gasteiger partial charge in [-0.15, -0.1) is 0 Å². The zero-order valence-corrected chi connectivity index (χ0v) is 12.9. The highest BCUT2D eigenvalue weighted by Gasteiger charge is 2.08. The van der Waals surface area contributed by atoms with Gasteiger partial charge in [-0.3, -0.25) is 4.79 Å². The quantitative estimate of drug-likeness (QED) is 0.831. The fourth-order valence-corrected chi connectivity index (χ4v) is 2.70. The summed E-state index contributed by atoms with van der Waals surface area (Å²) in [6, 6.07) is 12.5. The van der Waals surface area contributed by atoms with Gasteiger partial charge in [0.25, 0.3) is 0 Å². The fourth-order valence-electron chi connectivity index (χ4n) is 2.27. The maximum absolute atomic E-state index is 10.9. The molecule has 0 bridgehead atoms. The zero-order valence-electron chi connectivity index (χ0n) is 12.1. The Labute approximate surface area is 124 Å². The Hall–Kier alpha value is -1.74. The molecular weight excluding hydrogens is 266 g/mol. The molecule has 2 rings (SSSR count). The molecule has 2 nitrogen and oxygen atoms in total. The summed E-state index contributed by atoms with van der Waals surface area (Å²) in [5.74, 6) is 0.727. The SMILES string of the molecule is CC(=O)SCC=Cc1cc(C)n(-c2ccccc2)c1C. The highest BCUT2D eigenvalue weighted by atomic mass is 32.2. The van der Waals surface area contributed by atoms with Crippen LogP contribution in [0, 0.1) is 13.8 Å². The molecule has 0 unspecified atom stereocenters. The van der Waals surface area contributed by atoms with Gasteiger partial charge in [0.15, 0.2) is 5.12 Å². The third kappa shape index (κ3) is 3.42. The van der Waals surface area contributed by atoms with E-state index in [0.717, 1.165) is 5.75 Å². The first-order valence-corrected chi connectivity index (χ1v) is 7.62. The van der Waals surface area contributed by atoms with Crippen molar-refractivity contribution in [3.63, 3.8) is 0 Å². The molecule has 1 aromatic carbocycles. The Bertz CT molecular complexity index is 626. The normalized spacial score (nSPS) is 11.2. The number of carbonyl (C=O) groups is 1. The van der Waals surface area contributed by atoms with Gasteiger partial charge < -0.3 is 4.57 Å². The van der Waals surface area contributed by atoms with Crippen LogP contribution in [0.4, 0.5) is 0 Å². The molecule has 1 heterocycles. The van der Waals surface area contributed by atoms with Gasteiger partial charge in [-0.2, -0.15) is 0 Å². The molecule has 0 radical (unpaired) electrons. The standard InChI is InChI=1S/C17H19NOS/c1-13-12-16(8-7-11-20-15(3)19)14(2)18(13)17-9-5-4-6-10-17/h4-10,12H,11H2,1-3H3. The van der Waals surface area contributed by atoms with Gasteiger partial charge in [0, 0.05) is 29.8 Å². The minimum Gasteiger partial charge on any atom is -0.318 e. The lowest BCUT2D eigenvalue weighted by Crippen LogP contribution is -1.98. The zero-order chi connectivity index (χ0) is 14.5. The third-order valence-electron chi connectivity index (χ3n) is 3.16. The van der Waals surface area contributed by atoms with Gasteiger partial charge in [-0.05, 0) is 37.6 Å². The molecule has 0 saturated carbocycles. The highest BCUT2D eigenvalue weighted by molar-refractivity contribution is 8.13. The second kappa shape index (κ2) is 6.62. The molecule has 0 atom stereocenters. The van der Waals surface area contributed by atoms with Gasteiger partial charge in [0.2, 0.25) is 0 Å². The van der Waals surface area contributed by atoms with Gasteiger partial charge in [-0.1, -0.05) is 42.1 Å². The van der Waals surface area contributed by atoms with Crippen LogP contribution in [0.15, 0.2) is 42.5 Å². The number of rotatable bonds is 4. The number of aromatic nitrogens is 1. The van der Waals surface area contributed by atoms with Crippen molar-refractivity contribution in [1.82, 2.24) is 4.57 Å².